The van der Waals surface area contributed by atoms with Gasteiger partial charge in [0.15, 0.2) is 0 Å². The molecule has 0 radical (unpaired) electrons. The molecule has 0 aliphatic carbocycles. The van der Waals surface area contributed by atoms with Crippen molar-refractivity contribution in [2.45, 2.75) is 32.0 Å². The summed E-state index contributed by atoms with van der Waals surface area (Å²) < 4.78 is 0. The number of hydrogen-bond acceptors (Lipinski definition) is 4. The highest BCUT2D eigenvalue weighted by Crippen LogP contribution is 2.51. The van der Waals surface area contributed by atoms with Crippen LogP contribution < -0.4 is 5.32 Å². The number of benzene rings is 3. The molecule has 4 unspecified atom stereocenters. The molecule has 2 aliphatic rings. The number of hydrogen-bond donors (Lipinski definition) is 2. The lowest BCUT2D eigenvalue weighted by Crippen LogP contribution is -2.59. The number of fused-ring (bicyclic) bond motifs is 2. The second kappa shape index (κ2) is 7.81. The van der Waals surface area contributed by atoms with Gasteiger partial charge in [-0.2, -0.15) is 0 Å². The van der Waals surface area contributed by atoms with Crippen LogP contribution in [-0.2, 0) is 20.9 Å². The smallest absolute Gasteiger partial charge is 0.325 e. The van der Waals surface area contributed by atoms with Crippen LogP contribution in [0.3, 0.4) is 0 Å². The SMILES string of the molecule is CC(C)C1(C(=O)O)NC(c2ccc3ccccc3c2)C2C(=O)N(Cc3ccccc3)C(=O)C21. The number of rotatable bonds is 5. The highest BCUT2D eigenvalue weighted by Gasteiger charge is 2.69. The van der Waals surface area contributed by atoms with E-state index in [1.54, 1.807) is 13.8 Å². The standard InChI is InChI=1S/C27H26N2O4/c1-16(2)27(26(32)33)22-21(24(30)29(25(22)31)15-17-8-4-3-5-9-17)23(28-27)20-13-12-18-10-6-7-11-19(18)14-20/h3-14,16,21-23,28H,15H2,1-2H3,(H,32,33). The second-order valence-corrected chi connectivity index (χ2v) is 9.31. The first-order chi connectivity index (χ1) is 15.8. The van der Waals surface area contributed by atoms with E-state index in [0.717, 1.165) is 21.9 Å². The lowest BCUT2D eigenvalue weighted by Gasteiger charge is -2.34. The summed E-state index contributed by atoms with van der Waals surface area (Å²) in [5.41, 5.74) is 0.120. The van der Waals surface area contributed by atoms with Gasteiger partial charge in [0.05, 0.1) is 18.4 Å². The van der Waals surface area contributed by atoms with Crippen molar-refractivity contribution >= 4 is 28.6 Å². The maximum absolute atomic E-state index is 13.7. The van der Waals surface area contributed by atoms with Gasteiger partial charge in [0.25, 0.3) is 0 Å². The van der Waals surface area contributed by atoms with Crippen molar-refractivity contribution in [3.8, 4) is 0 Å². The average Bonchev–Trinajstić information content (AvgIpc) is 3.30. The number of amides is 2. The quantitative estimate of drug-likeness (QED) is 0.588. The third kappa shape index (κ3) is 3.16. The summed E-state index contributed by atoms with van der Waals surface area (Å²) in [5, 5.41) is 15.7. The van der Waals surface area contributed by atoms with E-state index in [9.17, 15) is 19.5 Å². The second-order valence-electron chi connectivity index (χ2n) is 9.31. The summed E-state index contributed by atoms with van der Waals surface area (Å²) in [7, 11) is 0. The van der Waals surface area contributed by atoms with E-state index in [0.29, 0.717) is 0 Å². The molecule has 3 aromatic rings. The number of carbonyl (C=O) groups is 3. The highest BCUT2D eigenvalue weighted by molar-refractivity contribution is 6.09. The van der Waals surface area contributed by atoms with E-state index < -0.39 is 41.2 Å². The van der Waals surface area contributed by atoms with Gasteiger partial charge in [0.2, 0.25) is 11.8 Å². The van der Waals surface area contributed by atoms with Gasteiger partial charge in [-0.3, -0.25) is 24.6 Å². The zero-order valence-electron chi connectivity index (χ0n) is 18.6. The van der Waals surface area contributed by atoms with Crippen LogP contribution in [0.2, 0.25) is 0 Å². The number of carboxylic acids is 1. The molecular formula is C27H26N2O4. The molecule has 33 heavy (non-hydrogen) atoms. The van der Waals surface area contributed by atoms with Crippen molar-refractivity contribution in [3.05, 3.63) is 83.9 Å². The molecule has 2 heterocycles. The van der Waals surface area contributed by atoms with E-state index in [4.69, 9.17) is 0 Å². The summed E-state index contributed by atoms with van der Waals surface area (Å²) in [6.45, 7) is 3.72. The molecule has 0 saturated carbocycles. The van der Waals surface area contributed by atoms with Gasteiger partial charge < -0.3 is 5.11 Å². The molecule has 4 atom stereocenters. The fourth-order valence-corrected chi connectivity index (χ4v) is 5.58. The molecule has 0 bridgehead atoms. The molecular weight excluding hydrogens is 416 g/mol. The van der Waals surface area contributed by atoms with Crippen LogP contribution in [0.25, 0.3) is 10.8 Å². The summed E-state index contributed by atoms with van der Waals surface area (Å²) in [6.07, 6.45) is 0. The van der Waals surface area contributed by atoms with Crippen LogP contribution in [0, 0.1) is 17.8 Å². The van der Waals surface area contributed by atoms with Crippen LogP contribution in [0.15, 0.2) is 72.8 Å². The fourth-order valence-electron chi connectivity index (χ4n) is 5.58. The Hall–Kier alpha value is -3.51. The van der Waals surface area contributed by atoms with Crippen molar-refractivity contribution in [2.24, 2.45) is 17.8 Å². The molecule has 0 aromatic heterocycles. The maximum atomic E-state index is 13.7. The van der Waals surface area contributed by atoms with E-state index in [-0.39, 0.29) is 12.5 Å². The van der Waals surface area contributed by atoms with Crippen molar-refractivity contribution in [3.63, 3.8) is 0 Å². The molecule has 0 spiro atoms. The summed E-state index contributed by atoms with van der Waals surface area (Å²) in [4.78, 5) is 41.2. The molecule has 6 heteroatoms. The number of imide groups is 1. The van der Waals surface area contributed by atoms with Gasteiger partial charge in [-0.05, 0) is 33.9 Å². The molecule has 168 valence electrons. The lowest BCUT2D eigenvalue weighted by molar-refractivity contribution is -0.153. The third-order valence-corrected chi connectivity index (χ3v) is 7.27. The normalized spacial score (nSPS) is 26.9. The Morgan fingerprint density at radius 2 is 1.64 bits per heavy atom. The summed E-state index contributed by atoms with van der Waals surface area (Å²) >= 11 is 0. The Morgan fingerprint density at radius 1 is 0.970 bits per heavy atom. The number of likely N-dealkylation sites (tertiary alicyclic amines) is 1. The number of nitrogens with one attached hydrogen (secondary N) is 1. The molecule has 3 aromatic carbocycles. The number of carboxylic acid groups (broad SMARTS) is 1. The minimum absolute atomic E-state index is 0.143. The van der Waals surface area contributed by atoms with E-state index >= 15 is 0 Å². The van der Waals surface area contributed by atoms with Gasteiger partial charge in [0.1, 0.15) is 5.54 Å². The van der Waals surface area contributed by atoms with E-state index in [1.165, 1.54) is 4.90 Å². The molecule has 2 saturated heterocycles. The average molecular weight is 443 g/mol. The number of aliphatic carboxylic acids is 1. The molecule has 2 N–H and O–H groups in total. The van der Waals surface area contributed by atoms with Crippen LogP contribution in [-0.4, -0.2) is 33.3 Å². The predicted octanol–water partition coefficient (Wildman–Crippen LogP) is 3.76. The minimum atomic E-state index is -1.53. The van der Waals surface area contributed by atoms with Crippen molar-refractivity contribution in [1.29, 1.82) is 0 Å². The summed E-state index contributed by atoms with van der Waals surface area (Å²) in [6, 6.07) is 22.5. The lowest BCUT2D eigenvalue weighted by atomic mass is 9.73. The zero-order valence-corrected chi connectivity index (χ0v) is 18.6. The Balaban J connectivity index is 1.62. The van der Waals surface area contributed by atoms with Crippen molar-refractivity contribution < 1.29 is 19.5 Å². The topological polar surface area (TPSA) is 86.7 Å². The van der Waals surface area contributed by atoms with Gasteiger partial charge >= 0.3 is 5.97 Å². The van der Waals surface area contributed by atoms with Gasteiger partial charge in [-0.1, -0.05) is 80.6 Å². The Bertz CT molecular complexity index is 1260. The van der Waals surface area contributed by atoms with Gasteiger partial charge in [0, 0.05) is 6.04 Å². The fraction of sp³-hybridized carbons (Fsp3) is 0.296. The first kappa shape index (κ1) is 21.3. The first-order valence-corrected chi connectivity index (χ1v) is 11.2. The zero-order chi connectivity index (χ0) is 23.3. The van der Waals surface area contributed by atoms with Crippen LogP contribution >= 0.6 is 0 Å². The molecule has 2 aliphatic heterocycles. The molecule has 2 fully saturated rings. The van der Waals surface area contributed by atoms with E-state index in [2.05, 4.69) is 5.32 Å². The third-order valence-electron chi connectivity index (χ3n) is 7.27. The molecule has 6 nitrogen and oxygen atoms in total. The number of nitrogens with zero attached hydrogens (tertiary/aromatic N) is 1. The maximum Gasteiger partial charge on any atom is 0.325 e. The van der Waals surface area contributed by atoms with Crippen molar-refractivity contribution in [1.82, 2.24) is 10.2 Å². The van der Waals surface area contributed by atoms with Gasteiger partial charge in [-0.25, -0.2) is 0 Å². The van der Waals surface area contributed by atoms with Crippen molar-refractivity contribution in [2.75, 3.05) is 0 Å². The Kier molecular flexibility index (Phi) is 5.05. The first-order valence-electron chi connectivity index (χ1n) is 11.2. The predicted molar refractivity (Wildman–Crippen MR) is 124 cm³/mol. The van der Waals surface area contributed by atoms with Crippen LogP contribution in [0.1, 0.15) is 31.0 Å². The van der Waals surface area contributed by atoms with Crippen LogP contribution in [0.5, 0.6) is 0 Å². The highest BCUT2D eigenvalue weighted by atomic mass is 16.4. The molecule has 5 rings (SSSR count). The van der Waals surface area contributed by atoms with E-state index in [1.807, 2.05) is 72.8 Å². The Labute approximate surface area is 192 Å². The Morgan fingerprint density at radius 3 is 2.30 bits per heavy atom. The minimum Gasteiger partial charge on any atom is -0.480 e. The van der Waals surface area contributed by atoms with Gasteiger partial charge in [-0.15, -0.1) is 0 Å². The summed E-state index contributed by atoms with van der Waals surface area (Å²) in [5.74, 6) is -3.98. The largest absolute Gasteiger partial charge is 0.480 e. The monoisotopic (exact) mass is 442 g/mol. The number of carbonyl (C=O) groups excluding carboxylic acids is 2. The molecule has 2 amide bonds. The van der Waals surface area contributed by atoms with Crippen LogP contribution in [0.4, 0.5) is 0 Å².